The van der Waals surface area contributed by atoms with Crippen molar-refractivity contribution in [2.45, 2.75) is 38.4 Å². The Labute approximate surface area is 212 Å². The van der Waals surface area contributed by atoms with Crippen molar-refractivity contribution in [3.63, 3.8) is 0 Å². The Morgan fingerprint density at radius 1 is 1.25 bits per heavy atom. The van der Waals surface area contributed by atoms with E-state index in [9.17, 15) is 13.2 Å². The zero-order chi connectivity index (χ0) is 26.2. The maximum absolute atomic E-state index is 13.3. The van der Waals surface area contributed by atoms with Crippen molar-refractivity contribution in [3.05, 3.63) is 68.7 Å². The van der Waals surface area contributed by atoms with Gasteiger partial charge in [-0.05, 0) is 50.6 Å². The number of methoxy groups -OCH3 is 1. The van der Waals surface area contributed by atoms with Crippen LogP contribution >= 0.6 is 11.6 Å². The molecule has 0 aliphatic heterocycles. The summed E-state index contributed by atoms with van der Waals surface area (Å²) in [4.78, 5) is 17.2. The summed E-state index contributed by atoms with van der Waals surface area (Å²) < 4.78 is 43.1. The van der Waals surface area contributed by atoms with Crippen LogP contribution in [0.1, 0.15) is 29.7 Å². The molecule has 12 heteroatoms. The summed E-state index contributed by atoms with van der Waals surface area (Å²) in [6, 6.07) is 6.34. The number of halogens is 1. The van der Waals surface area contributed by atoms with Gasteiger partial charge in [-0.1, -0.05) is 11.6 Å². The van der Waals surface area contributed by atoms with Gasteiger partial charge in [0.05, 0.1) is 30.3 Å². The fraction of sp³-hybridized carbons (Fsp3) is 0.292. The van der Waals surface area contributed by atoms with Crippen LogP contribution in [0.4, 0.5) is 0 Å². The van der Waals surface area contributed by atoms with Gasteiger partial charge in [-0.15, -0.1) is 0 Å². The molecule has 0 bridgehead atoms. The lowest BCUT2D eigenvalue weighted by molar-refractivity contribution is 0.183. The number of sulfonamides is 1. The molecule has 0 aliphatic rings. The standard InChI is InChI=1S/C24H25ClN4O6S/c1-13-9-17(15(3)34-19-5-6-20(25)28-24(19)36(26,31)32)23-18(10-13)21(30)14(2)22(35-23)16-11-27-29(12-16)7-8-33-4/h5-6,9-12,15H,7-8H2,1-4H3,(H2,26,31,32)/t15-/m1/s1. The monoisotopic (exact) mass is 532 g/mol. The number of pyridine rings is 1. The Morgan fingerprint density at radius 2 is 2.00 bits per heavy atom. The minimum Gasteiger partial charge on any atom is -0.483 e. The van der Waals surface area contributed by atoms with E-state index in [0.717, 1.165) is 5.56 Å². The topological polar surface area (TPSA) is 140 Å². The van der Waals surface area contributed by atoms with E-state index in [1.165, 1.54) is 12.1 Å². The van der Waals surface area contributed by atoms with E-state index in [1.807, 2.05) is 13.0 Å². The van der Waals surface area contributed by atoms with Gasteiger partial charge in [0.15, 0.2) is 11.2 Å². The lowest BCUT2D eigenvalue weighted by atomic mass is 10.0. The summed E-state index contributed by atoms with van der Waals surface area (Å²) in [5.41, 5.74) is 2.57. The first-order valence-corrected chi connectivity index (χ1v) is 12.9. The van der Waals surface area contributed by atoms with E-state index in [1.54, 1.807) is 44.1 Å². The number of nitrogens with two attached hydrogens (primary N) is 1. The van der Waals surface area contributed by atoms with E-state index in [2.05, 4.69) is 10.1 Å². The number of primary sulfonamides is 1. The van der Waals surface area contributed by atoms with Gasteiger partial charge in [-0.2, -0.15) is 5.10 Å². The number of ether oxygens (including phenoxy) is 2. The summed E-state index contributed by atoms with van der Waals surface area (Å²) in [6.07, 6.45) is 2.67. The Bertz CT molecular complexity index is 1610. The van der Waals surface area contributed by atoms with Gasteiger partial charge in [0.1, 0.15) is 22.6 Å². The Morgan fingerprint density at radius 3 is 2.69 bits per heavy atom. The molecule has 10 nitrogen and oxygen atoms in total. The molecule has 0 saturated heterocycles. The van der Waals surface area contributed by atoms with Crippen molar-refractivity contribution in [2.24, 2.45) is 5.14 Å². The summed E-state index contributed by atoms with van der Waals surface area (Å²) in [5, 5.41) is 9.47. The SMILES string of the molecule is COCCn1cc(-c2oc3c([C@@H](C)Oc4ccc(Cl)nc4S(N)(=O)=O)cc(C)cc3c(=O)c2C)cn1. The minimum absolute atomic E-state index is 0.0443. The highest BCUT2D eigenvalue weighted by Crippen LogP contribution is 2.34. The van der Waals surface area contributed by atoms with E-state index in [4.69, 9.17) is 30.6 Å². The molecule has 3 heterocycles. The molecule has 0 aliphatic carbocycles. The van der Waals surface area contributed by atoms with Crippen molar-refractivity contribution >= 4 is 32.6 Å². The Balaban J connectivity index is 1.84. The summed E-state index contributed by atoms with van der Waals surface area (Å²) >= 11 is 5.86. The lowest BCUT2D eigenvalue weighted by Crippen LogP contribution is -2.17. The molecule has 1 atom stereocenters. The number of benzene rings is 1. The first-order valence-electron chi connectivity index (χ1n) is 10.9. The maximum atomic E-state index is 13.3. The molecule has 0 unspecified atom stereocenters. The maximum Gasteiger partial charge on any atom is 0.259 e. The van der Waals surface area contributed by atoms with Crippen molar-refractivity contribution in [1.29, 1.82) is 0 Å². The van der Waals surface area contributed by atoms with Gasteiger partial charge in [0.25, 0.3) is 10.0 Å². The van der Waals surface area contributed by atoms with E-state index in [-0.39, 0.29) is 16.3 Å². The molecule has 1 aromatic carbocycles. The summed E-state index contributed by atoms with van der Waals surface area (Å²) in [7, 11) is -2.60. The third-order valence-electron chi connectivity index (χ3n) is 5.61. The van der Waals surface area contributed by atoms with Crippen LogP contribution < -0.4 is 15.3 Å². The van der Waals surface area contributed by atoms with Crippen LogP contribution in [0, 0.1) is 13.8 Å². The second-order valence-corrected chi connectivity index (χ2v) is 10.2. The average molecular weight is 533 g/mol. The molecular weight excluding hydrogens is 508 g/mol. The van der Waals surface area contributed by atoms with Crippen LogP contribution in [0.25, 0.3) is 22.3 Å². The second-order valence-electron chi connectivity index (χ2n) is 8.34. The van der Waals surface area contributed by atoms with Crippen molar-refractivity contribution in [2.75, 3.05) is 13.7 Å². The van der Waals surface area contributed by atoms with E-state index in [0.29, 0.717) is 46.6 Å². The highest BCUT2D eigenvalue weighted by atomic mass is 35.5. The molecule has 0 amide bonds. The number of fused-ring (bicyclic) bond motifs is 1. The fourth-order valence-corrected chi connectivity index (χ4v) is 4.71. The summed E-state index contributed by atoms with van der Waals surface area (Å²) in [5.74, 6) is 0.310. The van der Waals surface area contributed by atoms with E-state index < -0.39 is 21.2 Å². The van der Waals surface area contributed by atoms with Crippen LogP contribution in [0.5, 0.6) is 5.75 Å². The van der Waals surface area contributed by atoms with Crippen LogP contribution in [0.2, 0.25) is 5.15 Å². The number of hydrogen-bond donors (Lipinski definition) is 1. The number of hydrogen-bond acceptors (Lipinski definition) is 8. The molecule has 0 saturated carbocycles. The van der Waals surface area contributed by atoms with Crippen LogP contribution in [-0.4, -0.2) is 36.9 Å². The molecule has 2 N–H and O–H groups in total. The first kappa shape index (κ1) is 25.8. The predicted molar refractivity (Wildman–Crippen MR) is 135 cm³/mol. The van der Waals surface area contributed by atoms with Crippen LogP contribution in [0.15, 0.2) is 50.9 Å². The molecule has 3 aromatic heterocycles. The van der Waals surface area contributed by atoms with Crippen LogP contribution in [0.3, 0.4) is 0 Å². The zero-order valence-corrected chi connectivity index (χ0v) is 21.7. The smallest absolute Gasteiger partial charge is 0.259 e. The average Bonchev–Trinajstić information content (AvgIpc) is 3.29. The van der Waals surface area contributed by atoms with Crippen molar-refractivity contribution in [3.8, 4) is 17.1 Å². The van der Waals surface area contributed by atoms with E-state index >= 15 is 0 Å². The molecule has 4 aromatic rings. The highest BCUT2D eigenvalue weighted by Gasteiger charge is 2.24. The van der Waals surface area contributed by atoms with Crippen molar-refractivity contribution in [1.82, 2.24) is 14.8 Å². The molecule has 190 valence electrons. The van der Waals surface area contributed by atoms with Gasteiger partial charge in [0.2, 0.25) is 5.03 Å². The molecule has 0 radical (unpaired) electrons. The summed E-state index contributed by atoms with van der Waals surface area (Å²) in [6.45, 7) is 6.28. The second kappa shape index (κ2) is 10.0. The van der Waals surface area contributed by atoms with Gasteiger partial charge >= 0.3 is 0 Å². The fourth-order valence-electron chi connectivity index (χ4n) is 3.89. The van der Waals surface area contributed by atoms with Gasteiger partial charge < -0.3 is 13.9 Å². The molecule has 0 spiro atoms. The molecule has 36 heavy (non-hydrogen) atoms. The largest absolute Gasteiger partial charge is 0.483 e. The number of aromatic nitrogens is 3. The normalized spacial score (nSPS) is 12.7. The van der Waals surface area contributed by atoms with Crippen molar-refractivity contribution < 1.29 is 22.3 Å². The molecule has 4 rings (SSSR count). The van der Waals surface area contributed by atoms with Gasteiger partial charge in [0, 0.05) is 24.4 Å². The van der Waals surface area contributed by atoms with Gasteiger partial charge in [-0.3, -0.25) is 9.48 Å². The number of nitrogens with zero attached hydrogens (tertiary/aromatic N) is 3. The molecular formula is C24H25ClN4O6S. The first-order chi connectivity index (χ1) is 17.0. The van der Waals surface area contributed by atoms with Crippen LogP contribution in [-0.2, 0) is 21.3 Å². The third kappa shape index (κ3) is 5.14. The molecule has 0 fully saturated rings. The highest BCUT2D eigenvalue weighted by molar-refractivity contribution is 7.89. The Kier molecular flexibility index (Phi) is 7.19. The van der Waals surface area contributed by atoms with Gasteiger partial charge in [-0.25, -0.2) is 18.5 Å². The predicted octanol–water partition coefficient (Wildman–Crippen LogP) is 3.76. The Hall–Kier alpha value is -3.25. The quantitative estimate of drug-likeness (QED) is 0.338. The minimum atomic E-state index is -4.21. The lowest BCUT2D eigenvalue weighted by Gasteiger charge is -2.19. The zero-order valence-electron chi connectivity index (χ0n) is 20.1. The number of rotatable bonds is 8. The third-order valence-corrected chi connectivity index (χ3v) is 6.66. The number of aryl methyl sites for hydroxylation is 1.